The molecule has 11 aromatic rings. The van der Waals surface area contributed by atoms with Crippen LogP contribution in [0, 0.1) is 0 Å². The highest BCUT2D eigenvalue weighted by atomic mass is 15.1. The van der Waals surface area contributed by atoms with E-state index >= 15 is 0 Å². The van der Waals surface area contributed by atoms with Gasteiger partial charge in [-0.1, -0.05) is 91.0 Å². The zero-order valence-corrected chi connectivity index (χ0v) is 34.2. The van der Waals surface area contributed by atoms with E-state index in [0.717, 1.165) is 89.2 Å². The van der Waals surface area contributed by atoms with Crippen molar-refractivity contribution in [2.75, 3.05) is 0 Å². The second kappa shape index (κ2) is 16.1. The first-order valence-corrected chi connectivity index (χ1v) is 20.7. The molecule has 0 aliphatic carbocycles. The second-order valence-corrected chi connectivity index (χ2v) is 15.1. The van der Waals surface area contributed by atoms with Crippen LogP contribution in [0.4, 0.5) is 5.82 Å². The molecule has 0 N–H and O–H groups in total. The molecule has 0 aliphatic heterocycles. The first-order chi connectivity index (χ1) is 31.2. The summed E-state index contributed by atoms with van der Waals surface area (Å²) in [6, 6.07) is 58.0. The molecule has 0 unspecified atom stereocenters. The Bertz CT molecular complexity index is 3450. The van der Waals surface area contributed by atoms with Crippen molar-refractivity contribution in [2.24, 2.45) is 4.99 Å². The molecule has 0 spiro atoms. The average Bonchev–Trinajstić information content (AvgIpc) is 3.89. The quantitative estimate of drug-likeness (QED) is 0.135. The van der Waals surface area contributed by atoms with Crippen molar-refractivity contribution in [1.29, 1.82) is 0 Å². The van der Waals surface area contributed by atoms with E-state index in [1.165, 1.54) is 0 Å². The van der Waals surface area contributed by atoms with Crippen LogP contribution in [-0.2, 0) is 0 Å². The van der Waals surface area contributed by atoms with Crippen LogP contribution in [0.5, 0.6) is 0 Å². The summed E-state index contributed by atoms with van der Waals surface area (Å²) >= 11 is 0. The van der Waals surface area contributed by atoms with Crippen LogP contribution < -0.4 is 0 Å². The summed E-state index contributed by atoms with van der Waals surface area (Å²) in [7, 11) is 0. The molecule has 6 aromatic heterocycles. The summed E-state index contributed by atoms with van der Waals surface area (Å²) in [5, 5.41) is 3.16. The summed E-state index contributed by atoms with van der Waals surface area (Å²) in [6.45, 7) is 1.98. The predicted octanol–water partition coefficient (Wildman–Crippen LogP) is 12.7. The SMILES string of the molecule is C/C=C\C=Nc1cc2cc(-c3cc(-c4ccc5c(c4)c4cccnc4n5-c4ccccn4)cc(-c4nc(-c5ccccc5)nc(-c5ccccc5)n4)c3)ccc2n1-c1ccccn1. The van der Waals surface area contributed by atoms with Crippen LogP contribution in [0.3, 0.4) is 0 Å². The highest BCUT2D eigenvalue weighted by Crippen LogP contribution is 2.39. The van der Waals surface area contributed by atoms with Gasteiger partial charge in [0.25, 0.3) is 0 Å². The van der Waals surface area contributed by atoms with Gasteiger partial charge in [0.2, 0.25) is 0 Å². The average molecular weight is 812 g/mol. The van der Waals surface area contributed by atoms with Gasteiger partial charge in [-0.3, -0.25) is 9.13 Å². The summed E-state index contributed by atoms with van der Waals surface area (Å²) in [5.41, 5.74) is 9.65. The van der Waals surface area contributed by atoms with Crippen molar-refractivity contribution in [1.82, 2.24) is 39.0 Å². The Morgan fingerprint density at radius 1 is 0.429 bits per heavy atom. The molecule has 298 valence electrons. The highest BCUT2D eigenvalue weighted by molar-refractivity contribution is 6.09. The third kappa shape index (κ3) is 7.03. The molecular weight excluding hydrogens is 775 g/mol. The Morgan fingerprint density at radius 3 is 1.63 bits per heavy atom. The first kappa shape index (κ1) is 37.3. The minimum absolute atomic E-state index is 0.575. The standard InChI is InChI=1S/C54H37N9/c1-2-3-26-57-50-35-42-30-38(22-24-46(42)62(50)48-20-10-12-27-55-48)40-31-41(39-23-25-47-45(34-39)44-19-14-29-58-54(44)63(47)49-21-11-13-28-56-49)33-43(32-40)53-60-51(36-15-6-4-7-16-36)59-52(61-53)37-17-8-5-9-18-37/h2-35H,1H3/b3-2-,57-26?. The number of hydrogen-bond donors (Lipinski definition) is 0. The number of aromatic nitrogens is 8. The molecule has 0 atom stereocenters. The zero-order chi connectivity index (χ0) is 42.1. The van der Waals surface area contributed by atoms with Gasteiger partial charge in [0, 0.05) is 57.7 Å². The lowest BCUT2D eigenvalue weighted by molar-refractivity contribution is 1.04. The number of nitrogens with zero attached hydrogens (tertiary/aromatic N) is 9. The van der Waals surface area contributed by atoms with E-state index in [-0.39, 0.29) is 0 Å². The van der Waals surface area contributed by atoms with Gasteiger partial charge in [-0.2, -0.15) is 0 Å². The fourth-order valence-electron chi connectivity index (χ4n) is 8.18. The van der Waals surface area contributed by atoms with E-state index in [9.17, 15) is 0 Å². The summed E-state index contributed by atoms with van der Waals surface area (Å²) < 4.78 is 4.22. The maximum absolute atomic E-state index is 5.16. The van der Waals surface area contributed by atoms with E-state index in [0.29, 0.717) is 17.5 Å². The minimum Gasteiger partial charge on any atom is -0.278 e. The van der Waals surface area contributed by atoms with Crippen molar-refractivity contribution in [3.05, 3.63) is 201 Å². The van der Waals surface area contributed by atoms with Crippen LogP contribution in [0.25, 0.3) is 101 Å². The number of pyridine rings is 3. The van der Waals surface area contributed by atoms with Crippen molar-refractivity contribution < 1.29 is 0 Å². The minimum atomic E-state index is 0.575. The molecule has 0 saturated heterocycles. The normalized spacial score (nSPS) is 11.8. The van der Waals surface area contributed by atoms with E-state index < -0.39 is 0 Å². The molecule has 0 radical (unpaired) electrons. The number of benzene rings is 5. The Balaban J connectivity index is 1.13. The maximum atomic E-state index is 5.16. The van der Waals surface area contributed by atoms with E-state index in [1.807, 2.05) is 141 Å². The lowest BCUT2D eigenvalue weighted by Gasteiger charge is -2.13. The lowest BCUT2D eigenvalue weighted by Crippen LogP contribution is -2.00. The van der Waals surface area contributed by atoms with Gasteiger partial charge in [-0.05, 0) is 120 Å². The van der Waals surface area contributed by atoms with Gasteiger partial charge < -0.3 is 0 Å². The van der Waals surface area contributed by atoms with Crippen molar-refractivity contribution in [3.63, 3.8) is 0 Å². The number of rotatable bonds is 9. The molecule has 0 aliphatic rings. The van der Waals surface area contributed by atoms with Gasteiger partial charge in [0.05, 0.1) is 11.0 Å². The molecule has 9 heteroatoms. The van der Waals surface area contributed by atoms with Crippen LogP contribution in [-0.4, -0.2) is 45.3 Å². The van der Waals surface area contributed by atoms with Crippen molar-refractivity contribution >= 4 is 44.9 Å². The Kier molecular flexibility index (Phi) is 9.51. The molecule has 11 rings (SSSR count). The van der Waals surface area contributed by atoms with E-state index in [2.05, 4.69) is 75.9 Å². The number of hydrogen-bond acceptors (Lipinski definition) is 7. The molecule has 63 heavy (non-hydrogen) atoms. The molecule has 9 nitrogen and oxygen atoms in total. The number of allylic oxidation sites excluding steroid dienone is 2. The summed E-state index contributed by atoms with van der Waals surface area (Å²) in [6.07, 6.45) is 11.2. The molecule has 0 bridgehead atoms. The van der Waals surface area contributed by atoms with Crippen LogP contribution in [0.1, 0.15) is 6.92 Å². The van der Waals surface area contributed by atoms with Crippen molar-refractivity contribution in [2.45, 2.75) is 6.92 Å². The molecule has 5 aromatic carbocycles. The number of aliphatic imine (C=N–C) groups is 1. The summed E-state index contributed by atoms with van der Waals surface area (Å²) in [5.74, 6) is 4.18. The fraction of sp³-hybridized carbons (Fsp3) is 0.0185. The van der Waals surface area contributed by atoms with E-state index in [4.69, 9.17) is 34.9 Å². The molecule has 0 fully saturated rings. The maximum Gasteiger partial charge on any atom is 0.164 e. The van der Waals surface area contributed by atoms with Crippen LogP contribution in [0.15, 0.2) is 206 Å². The van der Waals surface area contributed by atoms with Gasteiger partial charge in [0.15, 0.2) is 17.5 Å². The van der Waals surface area contributed by atoms with Gasteiger partial charge >= 0.3 is 0 Å². The third-order valence-corrected chi connectivity index (χ3v) is 11.1. The topological polar surface area (TPSA) is 99.6 Å². The largest absolute Gasteiger partial charge is 0.278 e. The Hall–Kier alpha value is -8.69. The van der Waals surface area contributed by atoms with Crippen LogP contribution in [0.2, 0.25) is 0 Å². The molecule has 0 saturated carbocycles. The van der Waals surface area contributed by atoms with E-state index in [1.54, 1.807) is 6.20 Å². The summed E-state index contributed by atoms with van der Waals surface area (Å²) in [4.78, 5) is 34.4. The Labute approximate surface area is 363 Å². The lowest BCUT2D eigenvalue weighted by atomic mass is 9.94. The first-order valence-electron chi connectivity index (χ1n) is 20.7. The van der Waals surface area contributed by atoms with Gasteiger partial charge in [-0.25, -0.2) is 34.9 Å². The Morgan fingerprint density at radius 2 is 1.00 bits per heavy atom. The smallest absolute Gasteiger partial charge is 0.164 e. The van der Waals surface area contributed by atoms with Crippen LogP contribution >= 0.6 is 0 Å². The molecule has 0 amide bonds. The third-order valence-electron chi connectivity index (χ3n) is 11.1. The van der Waals surface area contributed by atoms with Gasteiger partial charge in [0.1, 0.15) is 23.1 Å². The fourth-order valence-corrected chi connectivity index (χ4v) is 8.18. The second-order valence-electron chi connectivity index (χ2n) is 15.1. The molecule has 6 heterocycles. The predicted molar refractivity (Wildman–Crippen MR) is 255 cm³/mol. The highest BCUT2D eigenvalue weighted by Gasteiger charge is 2.19. The van der Waals surface area contributed by atoms with Gasteiger partial charge in [-0.15, -0.1) is 0 Å². The monoisotopic (exact) mass is 811 g/mol. The number of fused-ring (bicyclic) bond motifs is 4. The van der Waals surface area contributed by atoms with Crippen molar-refractivity contribution in [3.8, 4) is 68.1 Å². The molecular formula is C54H37N9. The zero-order valence-electron chi connectivity index (χ0n) is 34.2.